The van der Waals surface area contributed by atoms with E-state index in [-0.39, 0.29) is 23.4 Å². The molecule has 0 saturated heterocycles. The summed E-state index contributed by atoms with van der Waals surface area (Å²) in [6.07, 6.45) is 0.266. The number of aliphatic hydroxyl groups is 1. The molecule has 0 heterocycles. The maximum absolute atomic E-state index is 13.3. The minimum Gasteiger partial charge on any atom is -0.497 e. The molecule has 0 aliphatic carbocycles. The Morgan fingerprint density at radius 2 is 1.84 bits per heavy atom. The van der Waals surface area contributed by atoms with Crippen molar-refractivity contribution in [1.82, 2.24) is 4.72 Å². The molecule has 0 spiro atoms. The molecule has 0 aliphatic heterocycles. The van der Waals surface area contributed by atoms with Crippen LogP contribution in [-0.2, 0) is 16.4 Å². The minimum absolute atomic E-state index is 0.0355. The van der Waals surface area contributed by atoms with Gasteiger partial charge in [-0.3, -0.25) is 0 Å². The number of nitrogens with one attached hydrogen (secondary N) is 1. The summed E-state index contributed by atoms with van der Waals surface area (Å²) in [5.74, 6) is 0.237. The van der Waals surface area contributed by atoms with Crippen molar-refractivity contribution in [2.24, 2.45) is 0 Å². The molecule has 0 aromatic heterocycles. The number of hydrogen-bond acceptors (Lipinski definition) is 4. The lowest BCUT2D eigenvalue weighted by Gasteiger charge is -2.24. The van der Waals surface area contributed by atoms with Crippen LogP contribution in [0.2, 0.25) is 0 Å². The average Bonchev–Trinajstić information content (AvgIpc) is 2.56. The maximum atomic E-state index is 13.3. The van der Waals surface area contributed by atoms with E-state index in [1.54, 1.807) is 26.2 Å². The van der Waals surface area contributed by atoms with Crippen LogP contribution in [0.3, 0.4) is 0 Å². The quantitative estimate of drug-likeness (QED) is 0.788. The summed E-state index contributed by atoms with van der Waals surface area (Å²) in [6.45, 7) is 2.88. The van der Waals surface area contributed by atoms with Gasteiger partial charge < -0.3 is 9.84 Å². The van der Waals surface area contributed by atoms with Crippen LogP contribution in [0, 0.1) is 12.7 Å². The maximum Gasteiger partial charge on any atom is 0.240 e. The predicted octanol–water partition coefficient (Wildman–Crippen LogP) is 2.41. The lowest BCUT2D eigenvalue weighted by atomic mass is 9.97. The first kappa shape index (κ1) is 19.4. The largest absolute Gasteiger partial charge is 0.497 e. The smallest absolute Gasteiger partial charge is 0.240 e. The molecule has 25 heavy (non-hydrogen) atoms. The van der Waals surface area contributed by atoms with Gasteiger partial charge in [0.15, 0.2) is 0 Å². The van der Waals surface area contributed by atoms with Gasteiger partial charge in [0, 0.05) is 13.0 Å². The van der Waals surface area contributed by atoms with Crippen LogP contribution < -0.4 is 9.46 Å². The van der Waals surface area contributed by atoms with E-state index in [2.05, 4.69) is 4.72 Å². The van der Waals surface area contributed by atoms with Gasteiger partial charge in [0.25, 0.3) is 0 Å². The molecule has 0 saturated carbocycles. The first-order chi connectivity index (χ1) is 11.6. The molecule has 0 amide bonds. The number of hydrogen-bond donors (Lipinski definition) is 2. The molecule has 2 rings (SSSR count). The number of halogens is 1. The van der Waals surface area contributed by atoms with Gasteiger partial charge in [0.2, 0.25) is 10.0 Å². The van der Waals surface area contributed by atoms with E-state index in [4.69, 9.17) is 4.74 Å². The van der Waals surface area contributed by atoms with Crippen molar-refractivity contribution in [1.29, 1.82) is 0 Å². The summed E-state index contributed by atoms with van der Waals surface area (Å²) < 4.78 is 45.4. The molecule has 0 unspecified atom stereocenters. The van der Waals surface area contributed by atoms with Gasteiger partial charge in [-0.1, -0.05) is 12.1 Å². The molecule has 1 atom stereocenters. The summed E-state index contributed by atoms with van der Waals surface area (Å²) in [5.41, 5.74) is -0.188. The van der Waals surface area contributed by atoms with Crippen molar-refractivity contribution >= 4 is 10.0 Å². The molecular formula is C18H22FNO4S. The molecule has 2 aromatic carbocycles. The number of ether oxygens (including phenoxy) is 1. The van der Waals surface area contributed by atoms with Crippen molar-refractivity contribution in [2.45, 2.75) is 30.8 Å². The van der Waals surface area contributed by atoms with Crippen LogP contribution >= 0.6 is 0 Å². The summed E-state index contributed by atoms with van der Waals surface area (Å²) >= 11 is 0. The molecule has 5 nitrogen and oxygen atoms in total. The van der Waals surface area contributed by atoms with Crippen LogP contribution in [0.25, 0.3) is 0 Å². The minimum atomic E-state index is -3.83. The van der Waals surface area contributed by atoms with E-state index in [1.165, 1.54) is 19.1 Å². The van der Waals surface area contributed by atoms with Crippen molar-refractivity contribution < 1.29 is 22.7 Å². The lowest BCUT2D eigenvalue weighted by molar-refractivity contribution is 0.0657. The fourth-order valence-electron chi connectivity index (χ4n) is 2.36. The SMILES string of the molecule is COc1ccc(C[C@@](C)(O)CNS(=O)(=O)c2ccc(F)c(C)c2)cc1. The summed E-state index contributed by atoms with van der Waals surface area (Å²) in [6, 6.07) is 10.7. The van der Waals surface area contributed by atoms with Gasteiger partial charge in [-0.25, -0.2) is 17.5 Å². The summed E-state index contributed by atoms with van der Waals surface area (Å²) in [7, 11) is -2.27. The van der Waals surface area contributed by atoms with Gasteiger partial charge in [0.05, 0.1) is 17.6 Å². The number of rotatable bonds is 7. The Morgan fingerprint density at radius 3 is 2.40 bits per heavy atom. The highest BCUT2D eigenvalue weighted by Gasteiger charge is 2.25. The first-order valence-electron chi connectivity index (χ1n) is 7.74. The van der Waals surface area contributed by atoms with Gasteiger partial charge >= 0.3 is 0 Å². The Balaban J connectivity index is 2.05. The van der Waals surface area contributed by atoms with Gasteiger partial charge in [0.1, 0.15) is 11.6 Å². The standard InChI is InChI=1S/C18H22FNO4S/c1-13-10-16(8-9-17(13)19)25(22,23)20-12-18(2,21)11-14-4-6-15(24-3)7-5-14/h4-10,20-21H,11-12H2,1-3H3/t18-/m1/s1. The highest BCUT2D eigenvalue weighted by molar-refractivity contribution is 7.89. The average molecular weight is 367 g/mol. The van der Waals surface area contributed by atoms with E-state index in [1.807, 2.05) is 12.1 Å². The molecule has 2 aromatic rings. The second-order valence-electron chi connectivity index (χ2n) is 6.26. The Bertz CT molecular complexity index is 833. The third-order valence-corrected chi connectivity index (χ3v) is 5.23. The monoisotopic (exact) mass is 367 g/mol. The highest BCUT2D eigenvalue weighted by Crippen LogP contribution is 2.18. The van der Waals surface area contributed by atoms with Gasteiger partial charge in [-0.15, -0.1) is 0 Å². The van der Waals surface area contributed by atoms with Crippen LogP contribution in [0.4, 0.5) is 4.39 Å². The molecule has 0 bridgehead atoms. The van der Waals surface area contributed by atoms with Gasteiger partial charge in [-0.05, 0) is 55.3 Å². The number of benzene rings is 2. The second-order valence-corrected chi connectivity index (χ2v) is 8.02. The van der Waals surface area contributed by atoms with Crippen molar-refractivity contribution in [3.8, 4) is 5.75 Å². The lowest BCUT2D eigenvalue weighted by Crippen LogP contribution is -2.42. The Labute approximate surface area is 147 Å². The zero-order valence-corrected chi connectivity index (χ0v) is 15.2. The summed E-state index contributed by atoms with van der Waals surface area (Å²) in [4.78, 5) is -0.0355. The summed E-state index contributed by atoms with van der Waals surface area (Å²) in [5, 5.41) is 10.5. The second kappa shape index (κ2) is 7.51. The van der Waals surface area contributed by atoms with Crippen LogP contribution in [0.5, 0.6) is 5.75 Å². The van der Waals surface area contributed by atoms with Gasteiger partial charge in [-0.2, -0.15) is 0 Å². The molecule has 0 radical (unpaired) electrons. The van der Waals surface area contributed by atoms with Crippen molar-refractivity contribution in [3.63, 3.8) is 0 Å². The van der Waals surface area contributed by atoms with E-state index >= 15 is 0 Å². The Hall–Kier alpha value is -1.96. The third kappa shape index (κ3) is 5.26. The predicted molar refractivity (Wildman–Crippen MR) is 93.6 cm³/mol. The molecule has 2 N–H and O–H groups in total. The molecular weight excluding hydrogens is 345 g/mol. The number of sulfonamides is 1. The molecule has 7 heteroatoms. The van der Waals surface area contributed by atoms with Crippen molar-refractivity contribution in [2.75, 3.05) is 13.7 Å². The highest BCUT2D eigenvalue weighted by atomic mass is 32.2. The van der Waals surface area contributed by atoms with Crippen LogP contribution in [-0.4, -0.2) is 32.8 Å². The van der Waals surface area contributed by atoms with Crippen molar-refractivity contribution in [3.05, 3.63) is 59.4 Å². The fourth-order valence-corrected chi connectivity index (χ4v) is 3.61. The van der Waals surface area contributed by atoms with E-state index < -0.39 is 21.4 Å². The molecule has 0 aliphatic rings. The zero-order chi connectivity index (χ0) is 18.7. The fraction of sp³-hybridized carbons (Fsp3) is 0.333. The van der Waals surface area contributed by atoms with Crippen LogP contribution in [0.15, 0.2) is 47.4 Å². The number of methoxy groups -OCH3 is 1. The topological polar surface area (TPSA) is 75.6 Å². The Kier molecular flexibility index (Phi) is 5.82. The molecule has 0 fully saturated rings. The van der Waals surface area contributed by atoms with E-state index in [0.717, 1.165) is 11.6 Å². The Morgan fingerprint density at radius 1 is 1.20 bits per heavy atom. The number of aryl methyl sites for hydroxylation is 1. The first-order valence-corrected chi connectivity index (χ1v) is 9.22. The normalized spacial score (nSPS) is 14.1. The molecule has 136 valence electrons. The zero-order valence-electron chi connectivity index (χ0n) is 14.4. The van der Waals surface area contributed by atoms with E-state index in [0.29, 0.717) is 5.75 Å². The van der Waals surface area contributed by atoms with E-state index in [9.17, 15) is 17.9 Å². The third-order valence-electron chi connectivity index (χ3n) is 3.83. The van der Waals surface area contributed by atoms with Crippen LogP contribution in [0.1, 0.15) is 18.1 Å².